The van der Waals surface area contributed by atoms with E-state index in [0.717, 1.165) is 21.2 Å². The molecule has 7 nitrogen and oxygen atoms in total. The maximum absolute atomic E-state index is 12.4. The Morgan fingerprint density at radius 2 is 2.06 bits per heavy atom. The van der Waals surface area contributed by atoms with Crippen LogP contribution in [0.15, 0.2) is 39.9 Å². The lowest BCUT2D eigenvalue weighted by molar-refractivity contribution is -0.0648. The van der Waals surface area contributed by atoms with Crippen molar-refractivity contribution >= 4 is 39.0 Å². The van der Waals surface area contributed by atoms with Crippen molar-refractivity contribution in [1.82, 2.24) is 10.3 Å². The van der Waals surface area contributed by atoms with Gasteiger partial charge in [0.1, 0.15) is 16.9 Å². The van der Waals surface area contributed by atoms with Crippen LogP contribution in [0.4, 0.5) is 4.79 Å². The van der Waals surface area contributed by atoms with E-state index in [1.54, 1.807) is 6.20 Å². The first kappa shape index (κ1) is 23.2. The number of carbonyl (C=O) groups excluding carboxylic acids is 1. The number of halogens is 1. The van der Waals surface area contributed by atoms with Crippen LogP contribution in [0.1, 0.15) is 44.4 Å². The van der Waals surface area contributed by atoms with E-state index in [1.807, 2.05) is 45.0 Å². The number of rotatable bonds is 0. The molecular formula is C25H24BrN3O4S. The Balaban J connectivity index is 1.56. The van der Waals surface area contributed by atoms with Gasteiger partial charge in [-0.15, -0.1) is 0 Å². The van der Waals surface area contributed by atoms with Crippen LogP contribution in [0.25, 0.3) is 0 Å². The van der Waals surface area contributed by atoms with Crippen molar-refractivity contribution in [3.63, 3.8) is 0 Å². The minimum Gasteiger partial charge on any atom is -0.444 e. The highest BCUT2D eigenvalue weighted by Gasteiger charge is 2.47. The Kier molecular flexibility index (Phi) is 5.66. The molecule has 0 aliphatic carbocycles. The lowest BCUT2D eigenvalue weighted by Gasteiger charge is -2.34. The number of hydrogen-bond acceptors (Lipinski definition) is 7. The zero-order valence-electron chi connectivity index (χ0n) is 19.3. The fourth-order valence-electron chi connectivity index (χ4n) is 3.92. The highest BCUT2D eigenvalue weighted by atomic mass is 79.9. The quantitative estimate of drug-likeness (QED) is 0.461. The van der Waals surface area contributed by atoms with Gasteiger partial charge < -0.3 is 14.2 Å². The molecule has 1 atom stereocenters. The molecule has 0 saturated carbocycles. The first-order valence-corrected chi connectivity index (χ1v) is 12.7. The van der Waals surface area contributed by atoms with Gasteiger partial charge in [-0.2, -0.15) is 0 Å². The summed E-state index contributed by atoms with van der Waals surface area (Å²) in [6, 6.07) is 7.84. The number of thioether (sulfide) groups is 1. The Labute approximate surface area is 211 Å². The van der Waals surface area contributed by atoms with E-state index in [4.69, 9.17) is 19.2 Å². The monoisotopic (exact) mass is 541 g/mol. The molecule has 1 amide bonds. The third kappa shape index (κ3) is 4.42. The molecule has 1 aromatic heterocycles. The van der Waals surface area contributed by atoms with E-state index in [0.29, 0.717) is 35.8 Å². The van der Waals surface area contributed by atoms with Gasteiger partial charge in [0.15, 0.2) is 5.17 Å². The molecule has 1 saturated heterocycles. The Bertz CT molecular complexity index is 1270. The predicted molar refractivity (Wildman–Crippen MR) is 134 cm³/mol. The van der Waals surface area contributed by atoms with Gasteiger partial charge >= 0.3 is 6.09 Å². The zero-order chi connectivity index (χ0) is 24.1. The molecule has 5 rings (SSSR count). The number of aliphatic imine (C=N–C) groups is 1. The van der Waals surface area contributed by atoms with Gasteiger partial charge in [-0.25, -0.2) is 14.8 Å². The molecule has 1 N–H and O–H groups in total. The van der Waals surface area contributed by atoms with Crippen LogP contribution in [0.3, 0.4) is 0 Å². The second-order valence-electron chi connectivity index (χ2n) is 9.82. The van der Waals surface area contributed by atoms with Crippen molar-refractivity contribution in [3.05, 3.63) is 51.6 Å². The minimum atomic E-state index is -0.782. The van der Waals surface area contributed by atoms with E-state index in [9.17, 15) is 4.79 Å². The number of amides is 1. The topological polar surface area (TPSA) is 82.0 Å². The van der Waals surface area contributed by atoms with Crippen molar-refractivity contribution < 1.29 is 19.0 Å². The Morgan fingerprint density at radius 1 is 1.26 bits per heavy atom. The second kappa shape index (κ2) is 8.29. The first-order valence-electron chi connectivity index (χ1n) is 10.9. The number of benzene rings is 1. The first-order chi connectivity index (χ1) is 16.1. The van der Waals surface area contributed by atoms with Gasteiger partial charge in [0.2, 0.25) is 5.88 Å². The van der Waals surface area contributed by atoms with Crippen molar-refractivity contribution in [3.8, 4) is 23.5 Å². The Morgan fingerprint density at radius 3 is 2.76 bits per heavy atom. The van der Waals surface area contributed by atoms with Crippen LogP contribution in [0.5, 0.6) is 11.6 Å². The van der Waals surface area contributed by atoms with Crippen LogP contribution in [-0.4, -0.2) is 40.8 Å². The lowest BCUT2D eigenvalue weighted by Crippen LogP contribution is -2.38. The molecule has 9 heteroatoms. The molecule has 1 spiro atoms. The normalized spacial score (nSPS) is 21.7. The maximum Gasteiger partial charge on any atom is 0.413 e. The molecular weight excluding hydrogens is 518 g/mol. The summed E-state index contributed by atoms with van der Waals surface area (Å²) in [5.41, 5.74) is 1.08. The van der Waals surface area contributed by atoms with E-state index in [1.165, 1.54) is 11.8 Å². The molecule has 176 valence electrons. The average molecular weight is 542 g/mol. The number of aromatic nitrogens is 1. The standard InChI is InChI=1S/C25H24BrN3O4S/c1-23(2,3)33-22(30)28-21-29-25(14-34-21)17-9-15(7-8-24(4)12-31-13-24)5-6-19(17)32-20-18(25)10-16(26)11-27-20/h5-6,9-11H,12-14H2,1-4H3,(H,28,29,30)/t25-/m0/s1. The van der Waals surface area contributed by atoms with Crippen LogP contribution < -0.4 is 10.1 Å². The number of fused-ring (bicyclic) bond motifs is 4. The van der Waals surface area contributed by atoms with Crippen LogP contribution >= 0.6 is 27.7 Å². The molecule has 0 bridgehead atoms. The van der Waals surface area contributed by atoms with Crippen molar-refractivity contribution in [1.29, 1.82) is 0 Å². The summed E-state index contributed by atoms with van der Waals surface area (Å²) in [5, 5.41) is 3.28. The minimum absolute atomic E-state index is 0.114. The van der Waals surface area contributed by atoms with Crippen LogP contribution in [0, 0.1) is 17.3 Å². The van der Waals surface area contributed by atoms with Gasteiger partial charge in [0.05, 0.1) is 18.6 Å². The summed E-state index contributed by atoms with van der Waals surface area (Å²) in [5.74, 6) is 8.37. The van der Waals surface area contributed by atoms with Gasteiger partial charge in [0.25, 0.3) is 0 Å². The van der Waals surface area contributed by atoms with E-state index < -0.39 is 17.2 Å². The summed E-state index contributed by atoms with van der Waals surface area (Å²) in [7, 11) is 0. The Hall–Kier alpha value is -2.54. The summed E-state index contributed by atoms with van der Waals surface area (Å²) < 4.78 is 17.7. The summed E-state index contributed by atoms with van der Waals surface area (Å²) in [6.07, 6.45) is 1.16. The molecule has 0 unspecified atom stereocenters. The highest BCUT2D eigenvalue weighted by molar-refractivity contribution is 9.10. The number of carbonyl (C=O) groups is 1. The van der Waals surface area contributed by atoms with Crippen LogP contribution in [0.2, 0.25) is 0 Å². The van der Waals surface area contributed by atoms with Crippen molar-refractivity contribution in [2.75, 3.05) is 19.0 Å². The van der Waals surface area contributed by atoms with E-state index in [2.05, 4.69) is 45.0 Å². The summed E-state index contributed by atoms with van der Waals surface area (Å²) in [6.45, 7) is 8.86. The van der Waals surface area contributed by atoms with E-state index in [-0.39, 0.29) is 5.41 Å². The number of alkyl carbamates (subject to hydrolysis) is 1. The fraction of sp³-hybridized carbons (Fsp3) is 0.400. The average Bonchev–Trinajstić information content (AvgIpc) is 3.15. The largest absolute Gasteiger partial charge is 0.444 e. The zero-order valence-corrected chi connectivity index (χ0v) is 21.7. The smallest absolute Gasteiger partial charge is 0.413 e. The van der Waals surface area contributed by atoms with Crippen molar-refractivity contribution in [2.24, 2.45) is 10.4 Å². The molecule has 1 aromatic carbocycles. The van der Waals surface area contributed by atoms with Gasteiger partial charge in [-0.05, 0) is 67.9 Å². The SMILES string of the molecule is CC1(C#Cc2ccc3c(c2)[C@@]2(CSC(NC(=O)OC(C)(C)C)=N2)c2cc(Br)cnc2O3)COC1. The number of amidine groups is 1. The fourth-order valence-corrected chi connectivity index (χ4v) is 5.35. The summed E-state index contributed by atoms with van der Waals surface area (Å²) >= 11 is 4.99. The molecule has 3 aliphatic heterocycles. The lowest BCUT2D eigenvalue weighted by atomic mass is 9.82. The van der Waals surface area contributed by atoms with Gasteiger partial charge in [-0.1, -0.05) is 23.6 Å². The molecule has 2 aromatic rings. The number of hydrogen-bond donors (Lipinski definition) is 1. The number of pyridine rings is 1. The number of nitrogens with zero attached hydrogens (tertiary/aromatic N) is 2. The van der Waals surface area contributed by atoms with Gasteiger partial charge in [-0.3, -0.25) is 5.32 Å². The number of ether oxygens (including phenoxy) is 3. The third-order valence-electron chi connectivity index (χ3n) is 5.56. The highest BCUT2D eigenvalue weighted by Crippen LogP contribution is 2.53. The molecule has 3 aliphatic rings. The molecule has 1 fully saturated rings. The maximum atomic E-state index is 12.4. The second-order valence-corrected chi connectivity index (χ2v) is 11.7. The van der Waals surface area contributed by atoms with E-state index >= 15 is 0 Å². The molecule has 34 heavy (non-hydrogen) atoms. The van der Waals surface area contributed by atoms with Crippen LogP contribution in [-0.2, 0) is 15.0 Å². The van der Waals surface area contributed by atoms with Gasteiger partial charge in [0, 0.05) is 33.1 Å². The summed E-state index contributed by atoms with van der Waals surface area (Å²) in [4.78, 5) is 21.9. The predicted octanol–water partition coefficient (Wildman–Crippen LogP) is 5.21. The number of nitrogens with one attached hydrogen (secondary N) is 1. The molecule has 0 radical (unpaired) electrons. The third-order valence-corrected chi connectivity index (χ3v) is 7.03. The molecule has 4 heterocycles. The van der Waals surface area contributed by atoms with Crippen molar-refractivity contribution in [2.45, 2.75) is 38.8 Å².